The van der Waals surface area contributed by atoms with Gasteiger partial charge in [0, 0.05) is 0 Å². The van der Waals surface area contributed by atoms with Crippen LogP contribution in [0.25, 0.3) is 0 Å². The Morgan fingerprint density at radius 3 is 3.18 bits per heavy atom. The molecule has 0 saturated carbocycles. The third kappa shape index (κ3) is 2.20. The highest BCUT2D eigenvalue weighted by Crippen LogP contribution is 1.91. The second-order valence-corrected chi connectivity index (χ2v) is 1.60. The zero-order valence-corrected chi connectivity index (χ0v) is 5.87. The second kappa shape index (κ2) is 3.49. The van der Waals surface area contributed by atoms with Crippen molar-refractivity contribution in [3.8, 4) is 0 Å². The van der Waals surface area contributed by atoms with Crippen molar-refractivity contribution in [3.05, 3.63) is 0 Å². The summed E-state index contributed by atoms with van der Waals surface area (Å²) in [5, 5.41) is 14.5. The second-order valence-electron chi connectivity index (χ2n) is 1.60. The SMILES string of the molecule is CCOC(=O)Nc1nnn[nH]1. The van der Waals surface area contributed by atoms with E-state index < -0.39 is 6.09 Å². The molecule has 7 nitrogen and oxygen atoms in total. The van der Waals surface area contributed by atoms with Crippen LogP contribution in [-0.2, 0) is 4.74 Å². The van der Waals surface area contributed by atoms with Crippen molar-refractivity contribution in [1.29, 1.82) is 0 Å². The van der Waals surface area contributed by atoms with Crippen LogP contribution in [0.15, 0.2) is 0 Å². The number of anilines is 1. The number of tetrazole rings is 1. The van der Waals surface area contributed by atoms with Crippen molar-refractivity contribution in [3.63, 3.8) is 0 Å². The van der Waals surface area contributed by atoms with Gasteiger partial charge >= 0.3 is 6.09 Å². The van der Waals surface area contributed by atoms with Crippen LogP contribution < -0.4 is 5.32 Å². The minimum absolute atomic E-state index is 0.170. The molecule has 1 aromatic heterocycles. The maximum absolute atomic E-state index is 10.7. The summed E-state index contributed by atoms with van der Waals surface area (Å²) in [7, 11) is 0. The Labute approximate surface area is 62.1 Å². The zero-order chi connectivity index (χ0) is 8.10. The lowest BCUT2D eigenvalue weighted by molar-refractivity contribution is 0.167. The molecule has 11 heavy (non-hydrogen) atoms. The average molecular weight is 157 g/mol. The molecule has 0 aliphatic carbocycles. The van der Waals surface area contributed by atoms with E-state index in [0.717, 1.165) is 0 Å². The highest BCUT2D eigenvalue weighted by molar-refractivity contribution is 5.81. The number of H-pyrrole nitrogens is 1. The van der Waals surface area contributed by atoms with Gasteiger partial charge in [-0.1, -0.05) is 5.10 Å². The zero-order valence-electron chi connectivity index (χ0n) is 5.87. The van der Waals surface area contributed by atoms with Gasteiger partial charge in [0.15, 0.2) is 0 Å². The van der Waals surface area contributed by atoms with Gasteiger partial charge < -0.3 is 4.74 Å². The monoisotopic (exact) mass is 157 g/mol. The summed E-state index contributed by atoms with van der Waals surface area (Å²) in [6.07, 6.45) is -0.578. The summed E-state index contributed by atoms with van der Waals surface area (Å²) < 4.78 is 4.55. The molecule has 0 aromatic carbocycles. The standard InChI is InChI=1S/C4H7N5O2/c1-2-11-4(10)5-3-6-8-9-7-3/h2H2,1H3,(H2,5,6,7,8,9,10). The molecule has 0 aliphatic heterocycles. The lowest BCUT2D eigenvalue weighted by Gasteiger charge is -1.98. The maximum Gasteiger partial charge on any atom is 0.414 e. The van der Waals surface area contributed by atoms with Gasteiger partial charge in [0.2, 0.25) is 5.95 Å². The molecule has 0 saturated heterocycles. The smallest absolute Gasteiger partial charge is 0.414 e. The van der Waals surface area contributed by atoms with Gasteiger partial charge in [-0.2, -0.15) is 0 Å². The Bertz CT molecular complexity index is 220. The Morgan fingerprint density at radius 1 is 1.82 bits per heavy atom. The number of aromatic amines is 1. The minimum Gasteiger partial charge on any atom is -0.450 e. The molecule has 0 spiro atoms. The van der Waals surface area contributed by atoms with Crippen LogP contribution >= 0.6 is 0 Å². The van der Waals surface area contributed by atoms with Gasteiger partial charge in [-0.05, 0) is 17.4 Å². The number of nitrogens with zero attached hydrogens (tertiary/aromatic N) is 3. The van der Waals surface area contributed by atoms with Crippen LogP contribution in [0.5, 0.6) is 0 Å². The molecule has 1 heterocycles. The van der Waals surface area contributed by atoms with E-state index in [-0.39, 0.29) is 5.95 Å². The number of ether oxygens (including phenoxy) is 1. The summed E-state index contributed by atoms with van der Waals surface area (Å²) in [5.74, 6) is 0.170. The molecule has 7 heteroatoms. The van der Waals surface area contributed by atoms with Crippen molar-refractivity contribution >= 4 is 12.0 Å². The maximum atomic E-state index is 10.7. The van der Waals surface area contributed by atoms with Crippen LogP contribution in [0, 0.1) is 0 Å². The van der Waals surface area contributed by atoms with Crippen molar-refractivity contribution in [1.82, 2.24) is 20.6 Å². The highest BCUT2D eigenvalue weighted by atomic mass is 16.5. The normalized spacial score (nSPS) is 9.18. The number of nitrogens with one attached hydrogen (secondary N) is 2. The van der Waals surface area contributed by atoms with Crippen LogP contribution in [-0.4, -0.2) is 33.3 Å². The summed E-state index contributed by atoms with van der Waals surface area (Å²) in [4.78, 5) is 10.7. The topological polar surface area (TPSA) is 92.8 Å². The first-order chi connectivity index (χ1) is 5.33. The molecule has 1 rings (SSSR count). The number of carbonyl (C=O) groups excluding carboxylic acids is 1. The van der Waals surface area contributed by atoms with E-state index in [2.05, 4.69) is 30.7 Å². The van der Waals surface area contributed by atoms with Gasteiger partial charge in [-0.3, -0.25) is 5.32 Å². The molecule has 0 aliphatic rings. The third-order valence-electron chi connectivity index (χ3n) is 0.841. The van der Waals surface area contributed by atoms with E-state index in [9.17, 15) is 4.79 Å². The lowest BCUT2D eigenvalue weighted by atomic mass is 10.8. The number of hydrogen-bond donors (Lipinski definition) is 2. The highest BCUT2D eigenvalue weighted by Gasteiger charge is 2.02. The molecule has 1 aromatic rings. The molecule has 2 N–H and O–H groups in total. The van der Waals surface area contributed by atoms with Crippen LogP contribution in [0.1, 0.15) is 6.92 Å². The molecular formula is C4H7N5O2. The lowest BCUT2D eigenvalue weighted by Crippen LogP contribution is -2.14. The Hall–Kier alpha value is -1.66. The Balaban J connectivity index is 2.37. The Kier molecular flexibility index (Phi) is 2.37. The van der Waals surface area contributed by atoms with Gasteiger partial charge in [0.25, 0.3) is 0 Å². The van der Waals surface area contributed by atoms with E-state index >= 15 is 0 Å². The molecule has 0 bridgehead atoms. The molecule has 1 amide bonds. The van der Waals surface area contributed by atoms with Gasteiger partial charge in [0.05, 0.1) is 6.61 Å². The number of hydrogen-bond acceptors (Lipinski definition) is 5. The Morgan fingerprint density at radius 2 is 2.64 bits per heavy atom. The van der Waals surface area contributed by atoms with Crippen molar-refractivity contribution in [2.45, 2.75) is 6.92 Å². The van der Waals surface area contributed by atoms with Crippen LogP contribution in [0.3, 0.4) is 0 Å². The molecule has 0 radical (unpaired) electrons. The summed E-state index contributed by atoms with van der Waals surface area (Å²) in [6, 6.07) is 0. The predicted octanol–water partition coefficient (Wildman–Crippen LogP) is -0.232. The molecule has 0 fully saturated rings. The van der Waals surface area contributed by atoms with E-state index in [1.54, 1.807) is 6.92 Å². The molecule has 60 valence electrons. The predicted molar refractivity (Wildman–Crippen MR) is 34.8 cm³/mol. The van der Waals surface area contributed by atoms with Crippen molar-refractivity contribution in [2.24, 2.45) is 0 Å². The van der Waals surface area contributed by atoms with Gasteiger partial charge in [-0.15, -0.1) is 0 Å². The fourth-order valence-electron chi connectivity index (χ4n) is 0.476. The van der Waals surface area contributed by atoms with E-state index in [1.807, 2.05) is 0 Å². The first-order valence-corrected chi connectivity index (χ1v) is 3.00. The largest absolute Gasteiger partial charge is 0.450 e. The van der Waals surface area contributed by atoms with Gasteiger partial charge in [-0.25, -0.2) is 9.89 Å². The molecule has 0 atom stereocenters. The van der Waals surface area contributed by atoms with Gasteiger partial charge in [0.1, 0.15) is 0 Å². The number of carbonyl (C=O) groups is 1. The van der Waals surface area contributed by atoms with E-state index in [1.165, 1.54) is 0 Å². The van der Waals surface area contributed by atoms with E-state index in [4.69, 9.17) is 0 Å². The van der Waals surface area contributed by atoms with Crippen LogP contribution in [0.2, 0.25) is 0 Å². The quantitative estimate of drug-likeness (QED) is 0.618. The summed E-state index contributed by atoms with van der Waals surface area (Å²) in [6.45, 7) is 2.02. The summed E-state index contributed by atoms with van der Waals surface area (Å²) >= 11 is 0. The van der Waals surface area contributed by atoms with Crippen molar-refractivity contribution in [2.75, 3.05) is 11.9 Å². The van der Waals surface area contributed by atoms with E-state index in [0.29, 0.717) is 6.61 Å². The first-order valence-electron chi connectivity index (χ1n) is 3.00. The first kappa shape index (κ1) is 7.45. The number of amides is 1. The third-order valence-corrected chi connectivity index (χ3v) is 0.841. The van der Waals surface area contributed by atoms with Crippen molar-refractivity contribution < 1.29 is 9.53 Å². The van der Waals surface area contributed by atoms with Crippen LogP contribution in [0.4, 0.5) is 10.7 Å². The average Bonchev–Trinajstić information content (AvgIpc) is 2.40. The number of rotatable bonds is 2. The molecule has 0 unspecified atom stereocenters. The fraction of sp³-hybridized carbons (Fsp3) is 0.500. The number of aromatic nitrogens is 4. The minimum atomic E-state index is -0.578. The molecular weight excluding hydrogens is 150 g/mol. The summed E-state index contributed by atoms with van der Waals surface area (Å²) in [5.41, 5.74) is 0. The fourth-order valence-corrected chi connectivity index (χ4v) is 0.476.